The van der Waals surface area contributed by atoms with E-state index in [-0.39, 0.29) is 17.2 Å². The van der Waals surface area contributed by atoms with Crippen molar-refractivity contribution in [3.05, 3.63) is 36.2 Å². The van der Waals surface area contributed by atoms with Gasteiger partial charge in [-0.25, -0.2) is 0 Å². The molecule has 2 aliphatic heterocycles. The molecule has 3 N–H and O–H groups in total. The number of carbonyl (C=O) groups excluding carboxylic acids is 1. The molecule has 3 rings (SSSR count). The second kappa shape index (κ2) is 7.96. The third kappa shape index (κ3) is 4.15. The number of nitrogens with one attached hydrogen (secondary N) is 1. The number of rotatable bonds is 4. The van der Waals surface area contributed by atoms with Crippen LogP contribution in [0.15, 0.2) is 30.6 Å². The highest BCUT2D eigenvalue weighted by atomic mass is 16.5. The zero-order valence-electron chi connectivity index (χ0n) is 16.0. The van der Waals surface area contributed by atoms with Crippen molar-refractivity contribution in [2.45, 2.75) is 50.4 Å². The monoisotopic (exact) mass is 375 g/mol. The number of aliphatic hydroxyl groups is 1. The Bertz CT molecular complexity index is 700. The van der Waals surface area contributed by atoms with Crippen LogP contribution in [0.1, 0.15) is 43.5 Å². The third-order valence-electron chi connectivity index (χ3n) is 5.80. The fraction of sp³-hybridized carbons (Fsp3) is 0.600. The number of likely N-dealkylation sites (tertiary alicyclic amines) is 1. The zero-order valence-corrected chi connectivity index (χ0v) is 16.0. The van der Waals surface area contributed by atoms with E-state index in [9.17, 15) is 15.0 Å². The molecule has 0 aliphatic carbocycles. The van der Waals surface area contributed by atoms with Crippen LogP contribution in [0.3, 0.4) is 0 Å². The molecule has 1 aromatic heterocycles. The third-order valence-corrected chi connectivity index (χ3v) is 5.80. The van der Waals surface area contributed by atoms with E-state index in [4.69, 9.17) is 4.74 Å². The molecule has 0 bridgehead atoms. The summed E-state index contributed by atoms with van der Waals surface area (Å²) in [5.41, 5.74) is -1.17. The van der Waals surface area contributed by atoms with Crippen LogP contribution in [0, 0.1) is 0 Å². The Kier molecular flexibility index (Phi) is 5.83. The number of nitrogens with zero attached hydrogens (tertiary/aromatic N) is 2. The molecule has 3 heterocycles. The van der Waals surface area contributed by atoms with Gasteiger partial charge >= 0.3 is 0 Å². The molecule has 2 fully saturated rings. The van der Waals surface area contributed by atoms with E-state index in [1.165, 1.54) is 18.5 Å². The zero-order chi connectivity index (χ0) is 19.5. The SMILES string of the molecule is CC=CCN1CCC2(CC1)OCC[C@@](C)(NC(=O)c1cncc(O)c1)[C@@H]2O. The Labute approximate surface area is 160 Å². The summed E-state index contributed by atoms with van der Waals surface area (Å²) in [7, 11) is 0. The quantitative estimate of drug-likeness (QED) is 0.690. The molecule has 1 spiro atoms. The molecular formula is C20H29N3O4. The molecule has 27 heavy (non-hydrogen) atoms. The van der Waals surface area contributed by atoms with Crippen molar-refractivity contribution < 1.29 is 19.7 Å². The number of hydrogen-bond donors (Lipinski definition) is 3. The van der Waals surface area contributed by atoms with Gasteiger partial charge in [0.25, 0.3) is 5.91 Å². The number of aromatic hydroxyl groups is 1. The Morgan fingerprint density at radius 2 is 2.15 bits per heavy atom. The lowest BCUT2D eigenvalue weighted by molar-refractivity contribution is -0.205. The summed E-state index contributed by atoms with van der Waals surface area (Å²) >= 11 is 0. The van der Waals surface area contributed by atoms with Gasteiger partial charge in [-0.15, -0.1) is 0 Å². The minimum absolute atomic E-state index is 0.0645. The Morgan fingerprint density at radius 1 is 1.41 bits per heavy atom. The summed E-state index contributed by atoms with van der Waals surface area (Å²) in [6.45, 7) is 6.96. The second-order valence-electron chi connectivity index (χ2n) is 7.74. The molecule has 1 amide bonds. The lowest BCUT2D eigenvalue weighted by Gasteiger charge is -2.53. The van der Waals surface area contributed by atoms with Crippen molar-refractivity contribution in [1.29, 1.82) is 0 Å². The number of amides is 1. The van der Waals surface area contributed by atoms with E-state index in [0.29, 0.717) is 13.0 Å². The van der Waals surface area contributed by atoms with Crippen LogP contribution in [0.4, 0.5) is 0 Å². The number of hydrogen-bond acceptors (Lipinski definition) is 6. The highest BCUT2D eigenvalue weighted by Gasteiger charge is 2.53. The fourth-order valence-electron chi connectivity index (χ4n) is 4.06. The summed E-state index contributed by atoms with van der Waals surface area (Å²) in [5.74, 6) is -0.423. The van der Waals surface area contributed by atoms with Gasteiger partial charge in [0.2, 0.25) is 0 Å². The average Bonchev–Trinajstić information content (AvgIpc) is 2.66. The van der Waals surface area contributed by atoms with E-state index in [2.05, 4.69) is 21.3 Å². The topological polar surface area (TPSA) is 94.9 Å². The van der Waals surface area contributed by atoms with Crippen LogP contribution in [0.2, 0.25) is 0 Å². The first-order chi connectivity index (χ1) is 12.9. The van der Waals surface area contributed by atoms with E-state index in [1.807, 2.05) is 19.9 Å². The van der Waals surface area contributed by atoms with Gasteiger partial charge in [0.1, 0.15) is 11.9 Å². The normalized spacial score (nSPS) is 28.5. The van der Waals surface area contributed by atoms with Gasteiger partial charge in [0, 0.05) is 32.4 Å². The largest absolute Gasteiger partial charge is 0.506 e. The maximum atomic E-state index is 12.6. The highest BCUT2D eigenvalue weighted by Crippen LogP contribution is 2.40. The molecule has 148 valence electrons. The molecule has 7 nitrogen and oxygen atoms in total. The van der Waals surface area contributed by atoms with Crippen molar-refractivity contribution in [2.24, 2.45) is 0 Å². The number of aliphatic hydroxyl groups excluding tert-OH is 1. The molecule has 0 saturated carbocycles. The molecule has 0 unspecified atom stereocenters. The minimum atomic E-state index is -0.808. The predicted molar refractivity (Wildman–Crippen MR) is 102 cm³/mol. The lowest BCUT2D eigenvalue weighted by Crippen LogP contribution is -2.69. The van der Waals surface area contributed by atoms with Crippen molar-refractivity contribution in [3.8, 4) is 5.75 Å². The molecule has 2 atom stereocenters. The smallest absolute Gasteiger partial charge is 0.253 e. The van der Waals surface area contributed by atoms with Crippen LogP contribution in [0.5, 0.6) is 5.75 Å². The standard InChI is InChI=1S/C20H29N3O4/c1-3-4-8-23-9-5-20(6-10-23)18(26)19(2,7-11-27-20)22-17(25)15-12-16(24)14-21-13-15/h3-4,12-14,18,24,26H,5-11H2,1-2H3,(H,22,25)/t18-,19+/m0/s1. The van der Waals surface area contributed by atoms with Gasteiger partial charge in [-0.2, -0.15) is 0 Å². The maximum Gasteiger partial charge on any atom is 0.253 e. The van der Waals surface area contributed by atoms with Crippen LogP contribution in [0.25, 0.3) is 0 Å². The van der Waals surface area contributed by atoms with Gasteiger partial charge in [0.15, 0.2) is 0 Å². The molecule has 0 aromatic carbocycles. The lowest BCUT2D eigenvalue weighted by atomic mass is 9.73. The summed E-state index contributed by atoms with van der Waals surface area (Å²) in [6, 6.07) is 1.37. The average molecular weight is 375 g/mol. The Morgan fingerprint density at radius 3 is 2.81 bits per heavy atom. The Hall–Kier alpha value is -1.96. The maximum absolute atomic E-state index is 12.6. The van der Waals surface area contributed by atoms with Crippen LogP contribution < -0.4 is 5.32 Å². The molecule has 0 radical (unpaired) electrons. The number of ether oxygens (including phenoxy) is 1. The van der Waals surface area contributed by atoms with Crippen LogP contribution in [-0.2, 0) is 4.74 Å². The number of allylic oxidation sites excluding steroid dienone is 1. The summed E-state index contributed by atoms with van der Waals surface area (Å²) < 4.78 is 6.08. The highest BCUT2D eigenvalue weighted by molar-refractivity contribution is 5.94. The second-order valence-corrected chi connectivity index (χ2v) is 7.74. The van der Waals surface area contributed by atoms with Crippen molar-refractivity contribution >= 4 is 5.91 Å². The molecule has 2 aliphatic rings. The van der Waals surface area contributed by atoms with Gasteiger partial charge in [0.05, 0.1) is 22.9 Å². The van der Waals surface area contributed by atoms with Gasteiger partial charge in [-0.1, -0.05) is 12.2 Å². The van der Waals surface area contributed by atoms with E-state index in [0.717, 1.165) is 32.5 Å². The first-order valence-corrected chi connectivity index (χ1v) is 9.51. The first-order valence-electron chi connectivity index (χ1n) is 9.51. The van der Waals surface area contributed by atoms with E-state index in [1.54, 1.807) is 0 Å². The summed E-state index contributed by atoms with van der Waals surface area (Å²) in [5, 5.41) is 23.7. The van der Waals surface area contributed by atoms with Gasteiger partial charge in [-0.3, -0.25) is 14.7 Å². The number of aromatic nitrogens is 1. The molecule has 2 saturated heterocycles. The van der Waals surface area contributed by atoms with Gasteiger partial charge in [-0.05, 0) is 39.2 Å². The van der Waals surface area contributed by atoms with Gasteiger partial charge < -0.3 is 20.3 Å². The fourth-order valence-corrected chi connectivity index (χ4v) is 4.06. The minimum Gasteiger partial charge on any atom is -0.506 e. The number of piperidine rings is 1. The Balaban J connectivity index is 1.70. The van der Waals surface area contributed by atoms with E-state index >= 15 is 0 Å². The van der Waals surface area contributed by atoms with Crippen molar-refractivity contribution in [1.82, 2.24) is 15.2 Å². The number of carbonyl (C=O) groups is 1. The van der Waals surface area contributed by atoms with Crippen LogP contribution in [-0.4, -0.2) is 69.5 Å². The first kappa shape index (κ1) is 19.8. The molecule has 1 aromatic rings. The number of pyridine rings is 1. The predicted octanol–water partition coefficient (Wildman–Crippen LogP) is 1.47. The molecular weight excluding hydrogens is 346 g/mol. The molecule has 7 heteroatoms. The van der Waals surface area contributed by atoms with Crippen molar-refractivity contribution in [3.63, 3.8) is 0 Å². The summed E-state index contributed by atoms with van der Waals surface area (Å²) in [6.07, 6.45) is 8.02. The van der Waals surface area contributed by atoms with Crippen molar-refractivity contribution in [2.75, 3.05) is 26.2 Å². The van der Waals surface area contributed by atoms with Crippen LogP contribution >= 0.6 is 0 Å². The van der Waals surface area contributed by atoms with E-state index < -0.39 is 17.2 Å². The summed E-state index contributed by atoms with van der Waals surface area (Å²) in [4.78, 5) is 18.8.